The number of benzene rings is 1. The van der Waals surface area contributed by atoms with Crippen molar-refractivity contribution in [1.29, 1.82) is 0 Å². The normalized spacial score (nSPS) is 30.8. The molecule has 2 nitrogen and oxygen atoms in total. The molecule has 2 heterocycles. The van der Waals surface area contributed by atoms with E-state index in [9.17, 15) is 0 Å². The Kier molecular flexibility index (Phi) is 3.53. The van der Waals surface area contributed by atoms with Gasteiger partial charge in [0.15, 0.2) is 0 Å². The lowest BCUT2D eigenvalue weighted by Gasteiger charge is -2.40. The molecule has 1 aromatic carbocycles. The molecule has 0 spiro atoms. The summed E-state index contributed by atoms with van der Waals surface area (Å²) in [5.41, 5.74) is 1.43. The molecule has 2 unspecified atom stereocenters. The third-order valence-electron chi connectivity index (χ3n) is 4.51. The number of thioether (sulfide) groups is 1. The maximum absolute atomic E-state index is 3.46. The average Bonchev–Trinajstić information content (AvgIpc) is 2.69. The van der Waals surface area contributed by atoms with E-state index in [1.807, 2.05) is 11.8 Å². The molecule has 0 radical (unpaired) electrons. The SMILES string of the molecule is CNC1CC2CCC(C1)N2c1ccc(SC)cc1. The maximum atomic E-state index is 3.46. The van der Waals surface area contributed by atoms with Gasteiger partial charge in [-0.2, -0.15) is 0 Å². The van der Waals surface area contributed by atoms with Gasteiger partial charge < -0.3 is 10.2 Å². The number of hydrogen-bond donors (Lipinski definition) is 1. The van der Waals surface area contributed by atoms with Crippen LogP contribution in [0.5, 0.6) is 0 Å². The van der Waals surface area contributed by atoms with E-state index in [2.05, 4.69) is 47.8 Å². The lowest BCUT2D eigenvalue weighted by molar-refractivity contribution is 0.374. The van der Waals surface area contributed by atoms with Crippen LogP contribution in [0.1, 0.15) is 25.7 Å². The Morgan fingerprint density at radius 1 is 1.11 bits per heavy atom. The zero-order chi connectivity index (χ0) is 12.5. The fourth-order valence-corrected chi connectivity index (χ4v) is 4.00. The predicted molar refractivity (Wildman–Crippen MR) is 79.6 cm³/mol. The highest BCUT2D eigenvalue weighted by molar-refractivity contribution is 7.98. The van der Waals surface area contributed by atoms with Gasteiger partial charge in [-0.05, 0) is 63.3 Å². The van der Waals surface area contributed by atoms with Crippen LogP contribution < -0.4 is 10.2 Å². The largest absolute Gasteiger partial charge is 0.365 e. The van der Waals surface area contributed by atoms with Crippen LogP contribution in [0.2, 0.25) is 0 Å². The van der Waals surface area contributed by atoms with Gasteiger partial charge in [-0.1, -0.05) is 0 Å². The number of hydrogen-bond acceptors (Lipinski definition) is 3. The quantitative estimate of drug-likeness (QED) is 0.843. The Balaban J connectivity index is 1.80. The van der Waals surface area contributed by atoms with E-state index in [1.165, 1.54) is 36.3 Å². The second kappa shape index (κ2) is 5.14. The first-order valence-corrected chi connectivity index (χ1v) is 8.14. The summed E-state index contributed by atoms with van der Waals surface area (Å²) in [5, 5.41) is 3.46. The highest BCUT2D eigenvalue weighted by Crippen LogP contribution is 2.39. The van der Waals surface area contributed by atoms with E-state index >= 15 is 0 Å². The monoisotopic (exact) mass is 262 g/mol. The average molecular weight is 262 g/mol. The van der Waals surface area contributed by atoms with E-state index < -0.39 is 0 Å². The van der Waals surface area contributed by atoms with Gasteiger partial charge in [-0.3, -0.25) is 0 Å². The second-order valence-electron chi connectivity index (χ2n) is 5.45. The zero-order valence-corrected chi connectivity index (χ0v) is 12.0. The van der Waals surface area contributed by atoms with Crippen LogP contribution in [0, 0.1) is 0 Å². The molecule has 0 amide bonds. The first-order valence-electron chi connectivity index (χ1n) is 6.91. The molecule has 2 saturated heterocycles. The lowest BCUT2D eigenvalue weighted by atomic mass is 9.97. The van der Waals surface area contributed by atoms with Crippen molar-refractivity contribution in [3.8, 4) is 0 Å². The van der Waals surface area contributed by atoms with E-state index in [1.54, 1.807) is 0 Å². The van der Waals surface area contributed by atoms with Crippen LogP contribution in [-0.4, -0.2) is 31.4 Å². The Morgan fingerprint density at radius 3 is 2.22 bits per heavy atom. The van der Waals surface area contributed by atoms with E-state index in [0.717, 1.165) is 18.1 Å². The number of nitrogens with one attached hydrogen (secondary N) is 1. The molecule has 3 rings (SSSR count). The minimum Gasteiger partial charge on any atom is -0.365 e. The Bertz CT molecular complexity index is 389. The van der Waals surface area contributed by atoms with E-state index in [4.69, 9.17) is 0 Å². The molecule has 0 saturated carbocycles. The van der Waals surface area contributed by atoms with Crippen molar-refractivity contribution in [3.63, 3.8) is 0 Å². The molecule has 2 fully saturated rings. The molecule has 3 heteroatoms. The van der Waals surface area contributed by atoms with Gasteiger partial charge >= 0.3 is 0 Å². The molecule has 2 aliphatic rings. The molecule has 0 aliphatic carbocycles. The summed E-state index contributed by atoms with van der Waals surface area (Å²) < 4.78 is 0. The second-order valence-corrected chi connectivity index (χ2v) is 6.33. The van der Waals surface area contributed by atoms with Crippen molar-refractivity contribution in [1.82, 2.24) is 5.32 Å². The summed E-state index contributed by atoms with van der Waals surface area (Å²) in [7, 11) is 2.10. The van der Waals surface area contributed by atoms with Gasteiger partial charge in [-0.15, -0.1) is 11.8 Å². The summed E-state index contributed by atoms with van der Waals surface area (Å²) in [6.07, 6.45) is 7.48. The van der Waals surface area contributed by atoms with Crippen molar-refractivity contribution in [2.45, 2.75) is 48.7 Å². The Labute approximate surface area is 114 Å². The molecule has 2 aliphatic heterocycles. The molecular weight excluding hydrogens is 240 g/mol. The molecular formula is C15H22N2S. The standard InChI is InChI=1S/C15H22N2S/c1-16-11-9-13-3-4-14(10-11)17(13)12-5-7-15(18-2)8-6-12/h5-8,11,13-14,16H,3-4,9-10H2,1-2H3. The van der Waals surface area contributed by atoms with Crippen LogP contribution in [0.4, 0.5) is 5.69 Å². The maximum Gasteiger partial charge on any atom is 0.0372 e. The van der Waals surface area contributed by atoms with Crippen LogP contribution in [0.3, 0.4) is 0 Å². The molecule has 1 aromatic rings. The van der Waals surface area contributed by atoms with Gasteiger partial charge in [0, 0.05) is 28.7 Å². The summed E-state index contributed by atoms with van der Waals surface area (Å²) >= 11 is 1.82. The third kappa shape index (κ3) is 2.14. The smallest absolute Gasteiger partial charge is 0.0372 e. The van der Waals surface area contributed by atoms with Crippen LogP contribution in [0.15, 0.2) is 29.2 Å². The topological polar surface area (TPSA) is 15.3 Å². The van der Waals surface area contributed by atoms with Crippen LogP contribution in [0.25, 0.3) is 0 Å². The zero-order valence-electron chi connectivity index (χ0n) is 11.2. The molecule has 18 heavy (non-hydrogen) atoms. The van der Waals surface area contributed by atoms with Crippen molar-refractivity contribution >= 4 is 17.4 Å². The highest BCUT2D eigenvalue weighted by atomic mass is 32.2. The number of nitrogens with zero attached hydrogens (tertiary/aromatic N) is 1. The van der Waals surface area contributed by atoms with Gasteiger partial charge in [0.1, 0.15) is 0 Å². The lowest BCUT2D eigenvalue weighted by Crippen LogP contribution is -2.48. The summed E-state index contributed by atoms with van der Waals surface area (Å²) in [5.74, 6) is 0. The molecule has 2 bridgehead atoms. The number of piperidine rings is 1. The third-order valence-corrected chi connectivity index (χ3v) is 5.26. The van der Waals surface area contributed by atoms with E-state index in [0.29, 0.717) is 0 Å². The van der Waals surface area contributed by atoms with Crippen molar-refractivity contribution < 1.29 is 0 Å². The van der Waals surface area contributed by atoms with Crippen molar-refractivity contribution in [2.75, 3.05) is 18.2 Å². The number of anilines is 1. The minimum absolute atomic E-state index is 0.726. The summed E-state index contributed by atoms with van der Waals surface area (Å²) in [6, 6.07) is 11.3. The Morgan fingerprint density at radius 2 is 1.72 bits per heavy atom. The van der Waals surface area contributed by atoms with Crippen LogP contribution >= 0.6 is 11.8 Å². The molecule has 98 valence electrons. The van der Waals surface area contributed by atoms with Gasteiger partial charge in [0.05, 0.1) is 0 Å². The predicted octanol–water partition coefficient (Wildman–Crippen LogP) is 3.13. The first-order chi connectivity index (χ1) is 8.81. The fourth-order valence-electron chi connectivity index (χ4n) is 3.59. The van der Waals surface area contributed by atoms with Crippen molar-refractivity contribution in [3.05, 3.63) is 24.3 Å². The van der Waals surface area contributed by atoms with E-state index in [-0.39, 0.29) is 0 Å². The minimum atomic E-state index is 0.726. The summed E-state index contributed by atoms with van der Waals surface area (Å²) in [4.78, 5) is 4.04. The molecule has 2 atom stereocenters. The highest BCUT2D eigenvalue weighted by Gasteiger charge is 2.40. The van der Waals surface area contributed by atoms with Gasteiger partial charge in [0.25, 0.3) is 0 Å². The molecule has 1 N–H and O–H groups in total. The number of fused-ring (bicyclic) bond motifs is 2. The van der Waals surface area contributed by atoms with Crippen molar-refractivity contribution in [2.24, 2.45) is 0 Å². The Hall–Kier alpha value is -0.670. The fraction of sp³-hybridized carbons (Fsp3) is 0.600. The van der Waals surface area contributed by atoms with Crippen LogP contribution in [-0.2, 0) is 0 Å². The molecule has 0 aromatic heterocycles. The summed E-state index contributed by atoms with van der Waals surface area (Å²) in [6.45, 7) is 0. The van der Waals surface area contributed by atoms with Gasteiger partial charge in [-0.25, -0.2) is 0 Å². The number of rotatable bonds is 3. The first kappa shape index (κ1) is 12.4. The van der Waals surface area contributed by atoms with Gasteiger partial charge in [0.2, 0.25) is 0 Å².